The predicted octanol–water partition coefficient (Wildman–Crippen LogP) is 1.03. The Bertz CT molecular complexity index is 888. The van der Waals surface area contributed by atoms with E-state index in [1.165, 1.54) is 12.8 Å². The molecule has 8 heteroatoms. The van der Waals surface area contributed by atoms with Crippen molar-refractivity contribution in [3.8, 4) is 0 Å². The highest BCUT2D eigenvalue weighted by atomic mass is 16.2. The molecule has 1 atom stereocenters. The number of nitrogens with zero attached hydrogens (tertiary/aromatic N) is 2. The van der Waals surface area contributed by atoms with Crippen molar-refractivity contribution in [1.82, 2.24) is 19.7 Å². The fourth-order valence-corrected chi connectivity index (χ4v) is 2.87. The van der Waals surface area contributed by atoms with Crippen molar-refractivity contribution in [1.29, 1.82) is 0 Å². The number of H-pyrrole nitrogens is 2. The monoisotopic (exact) mass is 331 g/mol. The molecule has 0 saturated heterocycles. The summed E-state index contributed by atoms with van der Waals surface area (Å²) in [5.74, 6) is 0.950. The third-order valence-electron chi connectivity index (χ3n) is 4.52. The zero-order valence-corrected chi connectivity index (χ0v) is 14.0. The second-order valence-corrected chi connectivity index (χ2v) is 6.44. The van der Waals surface area contributed by atoms with E-state index in [1.54, 1.807) is 13.1 Å². The smallest absolute Gasteiger partial charge is 0.311 e. The van der Waals surface area contributed by atoms with Crippen molar-refractivity contribution in [3.63, 3.8) is 0 Å². The zero-order chi connectivity index (χ0) is 17.4. The number of hydrogen-bond acceptors (Lipinski definition) is 4. The summed E-state index contributed by atoms with van der Waals surface area (Å²) in [5.41, 5.74) is 0.418. The number of anilines is 1. The molecule has 1 fully saturated rings. The second-order valence-electron chi connectivity index (χ2n) is 6.44. The van der Waals surface area contributed by atoms with Gasteiger partial charge in [-0.3, -0.25) is 14.6 Å². The first kappa shape index (κ1) is 16.2. The molecular weight excluding hydrogens is 310 g/mol. The van der Waals surface area contributed by atoms with Crippen LogP contribution in [-0.2, 0) is 11.2 Å². The van der Waals surface area contributed by atoms with Crippen LogP contribution < -0.4 is 16.6 Å². The van der Waals surface area contributed by atoms with Gasteiger partial charge in [-0.25, -0.2) is 9.48 Å². The van der Waals surface area contributed by atoms with Crippen LogP contribution in [0.5, 0.6) is 0 Å². The van der Waals surface area contributed by atoms with E-state index in [4.69, 9.17) is 0 Å². The summed E-state index contributed by atoms with van der Waals surface area (Å²) in [6.45, 7) is 5.58. The molecule has 2 heterocycles. The SMILES string of the molecule is Cc1cnn(C(C)C2CC2)c1NC(=O)Cc1c(C)[nH]c(=O)[nH]c1=O. The van der Waals surface area contributed by atoms with Crippen LogP contribution in [0.2, 0.25) is 0 Å². The average molecular weight is 331 g/mol. The zero-order valence-electron chi connectivity index (χ0n) is 14.0. The van der Waals surface area contributed by atoms with Gasteiger partial charge in [-0.1, -0.05) is 0 Å². The van der Waals surface area contributed by atoms with Crippen molar-refractivity contribution in [2.45, 2.75) is 46.1 Å². The van der Waals surface area contributed by atoms with Gasteiger partial charge in [-0.2, -0.15) is 5.10 Å². The molecule has 0 spiro atoms. The molecule has 128 valence electrons. The minimum Gasteiger partial charge on any atom is -0.311 e. The van der Waals surface area contributed by atoms with Crippen LogP contribution in [0.15, 0.2) is 15.8 Å². The number of hydrogen-bond donors (Lipinski definition) is 3. The summed E-state index contributed by atoms with van der Waals surface area (Å²) in [6.07, 6.45) is 3.98. The van der Waals surface area contributed by atoms with Gasteiger partial charge in [0.1, 0.15) is 5.82 Å². The number of aromatic nitrogens is 4. The lowest BCUT2D eigenvalue weighted by Crippen LogP contribution is -2.30. The molecule has 0 bridgehead atoms. The van der Waals surface area contributed by atoms with Crippen LogP contribution in [0.3, 0.4) is 0 Å². The molecule has 2 aromatic rings. The third-order valence-corrected chi connectivity index (χ3v) is 4.52. The molecular formula is C16H21N5O3. The van der Waals surface area contributed by atoms with Gasteiger partial charge in [-0.05, 0) is 39.5 Å². The van der Waals surface area contributed by atoms with E-state index in [-0.39, 0.29) is 23.9 Å². The molecule has 3 N–H and O–H groups in total. The van der Waals surface area contributed by atoms with E-state index in [0.717, 1.165) is 5.56 Å². The van der Waals surface area contributed by atoms with Gasteiger partial charge < -0.3 is 10.3 Å². The third kappa shape index (κ3) is 3.17. The minimum absolute atomic E-state index is 0.111. The minimum atomic E-state index is -0.575. The molecule has 3 rings (SSSR count). The highest BCUT2D eigenvalue weighted by molar-refractivity contribution is 5.92. The van der Waals surface area contributed by atoms with Gasteiger partial charge in [0.25, 0.3) is 5.56 Å². The Kier molecular flexibility index (Phi) is 4.13. The number of carbonyl (C=O) groups excluding carboxylic acids is 1. The van der Waals surface area contributed by atoms with Gasteiger partial charge in [0, 0.05) is 16.8 Å². The molecule has 0 radical (unpaired) electrons. The fourth-order valence-electron chi connectivity index (χ4n) is 2.87. The Morgan fingerprint density at radius 1 is 1.38 bits per heavy atom. The Morgan fingerprint density at radius 2 is 2.08 bits per heavy atom. The van der Waals surface area contributed by atoms with Crippen molar-refractivity contribution < 1.29 is 4.79 Å². The van der Waals surface area contributed by atoms with E-state index in [0.29, 0.717) is 17.4 Å². The fraction of sp³-hybridized carbons (Fsp3) is 0.500. The summed E-state index contributed by atoms with van der Waals surface area (Å²) >= 11 is 0. The van der Waals surface area contributed by atoms with E-state index >= 15 is 0 Å². The Hall–Kier alpha value is -2.64. The summed E-state index contributed by atoms with van der Waals surface area (Å²) in [5, 5.41) is 7.23. The Morgan fingerprint density at radius 3 is 2.71 bits per heavy atom. The maximum Gasteiger partial charge on any atom is 0.325 e. The van der Waals surface area contributed by atoms with E-state index < -0.39 is 11.2 Å². The topological polar surface area (TPSA) is 113 Å². The maximum atomic E-state index is 12.4. The molecule has 1 aliphatic rings. The molecule has 24 heavy (non-hydrogen) atoms. The van der Waals surface area contributed by atoms with Crippen LogP contribution in [0.1, 0.15) is 42.6 Å². The number of nitrogens with one attached hydrogen (secondary N) is 3. The first-order valence-corrected chi connectivity index (χ1v) is 8.03. The molecule has 1 aliphatic carbocycles. The Labute approximate surface area is 138 Å². The van der Waals surface area contributed by atoms with Crippen LogP contribution in [0.25, 0.3) is 0 Å². The largest absolute Gasteiger partial charge is 0.325 e. The van der Waals surface area contributed by atoms with Gasteiger partial charge in [0.05, 0.1) is 18.7 Å². The molecule has 1 unspecified atom stereocenters. The lowest BCUT2D eigenvalue weighted by atomic mass is 10.1. The molecule has 8 nitrogen and oxygen atoms in total. The quantitative estimate of drug-likeness (QED) is 0.759. The highest BCUT2D eigenvalue weighted by Crippen LogP contribution is 2.40. The van der Waals surface area contributed by atoms with E-state index in [9.17, 15) is 14.4 Å². The van der Waals surface area contributed by atoms with Crippen LogP contribution in [0.4, 0.5) is 5.82 Å². The average Bonchev–Trinajstić information content (AvgIpc) is 3.29. The molecule has 0 aromatic carbocycles. The normalized spacial score (nSPS) is 15.3. The number of carbonyl (C=O) groups is 1. The molecule has 1 saturated carbocycles. The van der Waals surface area contributed by atoms with Crippen molar-refractivity contribution in [2.24, 2.45) is 5.92 Å². The lowest BCUT2D eigenvalue weighted by Gasteiger charge is -2.16. The maximum absolute atomic E-state index is 12.4. The number of aryl methyl sites for hydroxylation is 2. The van der Waals surface area contributed by atoms with Gasteiger partial charge in [0.15, 0.2) is 0 Å². The van der Waals surface area contributed by atoms with E-state index in [1.807, 2.05) is 11.6 Å². The lowest BCUT2D eigenvalue weighted by molar-refractivity contribution is -0.115. The number of aromatic amines is 2. The first-order chi connectivity index (χ1) is 11.4. The second kappa shape index (κ2) is 6.10. The summed E-state index contributed by atoms with van der Waals surface area (Å²) in [7, 11) is 0. The number of amides is 1. The van der Waals surface area contributed by atoms with Crippen LogP contribution >= 0.6 is 0 Å². The molecule has 1 amide bonds. The van der Waals surface area contributed by atoms with E-state index in [2.05, 4.69) is 27.3 Å². The standard InChI is InChI=1S/C16H21N5O3/c1-8-7-17-21(10(3)11-4-5-11)14(8)19-13(22)6-12-9(2)18-16(24)20-15(12)23/h7,10-11H,4-6H2,1-3H3,(H,19,22)(H2,18,20,23,24). The van der Waals surface area contributed by atoms with Crippen LogP contribution in [-0.4, -0.2) is 25.7 Å². The van der Waals surface area contributed by atoms with Crippen molar-refractivity contribution in [3.05, 3.63) is 43.9 Å². The summed E-state index contributed by atoms with van der Waals surface area (Å²) in [6, 6.07) is 0.229. The first-order valence-electron chi connectivity index (χ1n) is 8.03. The van der Waals surface area contributed by atoms with Crippen molar-refractivity contribution >= 4 is 11.7 Å². The molecule has 2 aromatic heterocycles. The summed E-state index contributed by atoms with van der Waals surface area (Å²) < 4.78 is 1.84. The van der Waals surface area contributed by atoms with Gasteiger partial charge >= 0.3 is 5.69 Å². The van der Waals surface area contributed by atoms with Gasteiger partial charge in [0.2, 0.25) is 5.91 Å². The highest BCUT2D eigenvalue weighted by Gasteiger charge is 2.31. The summed E-state index contributed by atoms with van der Waals surface area (Å²) in [4.78, 5) is 40.1. The Balaban J connectivity index is 1.80. The predicted molar refractivity (Wildman–Crippen MR) is 89.2 cm³/mol. The van der Waals surface area contributed by atoms with Crippen molar-refractivity contribution in [2.75, 3.05) is 5.32 Å². The number of rotatable bonds is 5. The molecule has 0 aliphatic heterocycles. The van der Waals surface area contributed by atoms with Crippen LogP contribution in [0, 0.1) is 19.8 Å². The van der Waals surface area contributed by atoms with Gasteiger partial charge in [-0.15, -0.1) is 0 Å².